The molecule has 1 rings (SSSR count). The van der Waals surface area contributed by atoms with Crippen LogP contribution in [0.5, 0.6) is 0 Å². The van der Waals surface area contributed by atoms with Gasteiger partial charge in [-0.2, -0.15) is 4.37 Å². The molecule has 0 saturated heterocycles. The number of esters is 1. The average Bonchev–Trinajstić information content (AvgIpc) is 2.79. The lowest BCUT2D eigenvalue weighted by Gasteiger charge is -2.06. The Labute approximate surface area is 125 Å². The van der Waals surface area contributed by atoms with Crippen LogP contribution in [0, 0.1) is 0 Å². The van der Waals surface area contributed by atoms with E-state index < -0.39 is 5.97 Å². The number of ether oxygens (including phenoxy) is 1. The zero-order chi connectivity index (χ0) is 14.8. The van der Waals surface area contributed by atoms with Crippen molar-refractivity contribution >= 4 is 28.3 Å². The molecule has 0 aliphatic heterocycles. The van der Waals surface area contributed by atoms with E-state index in [4.69, 9.17) is 10.5 Å². The fraction of sp³-hybridized carbons (Fsp3) is 0.714. The molecule has 5 nitrogen and oxygen atoms in total. The highest BCUT2D eigenvalue weighted by Crippen LogP contribution is 2.27. The van der Waals surface area contributed by atoms with Crippen molar-refractivity contribution in [1.29, 1.82) is 0 Å². The van der Waals surface area contributed by atoms with E-state index in [1.165, 1.54) is 43.6 Å². The van der Waals surface area contributed by atoms with Crippen LogP contribution in [0.3, 0.4) is 0 Å². The number of rotatable bonds is 10. The Kier molecular flexibility index (Phi) is 8.02. The number of anilines is 2. The number of nitrogens with one attached hydrogen (secondary N) is 1. The first-order valence-electron chi connectivity index (χ1n) is 7.36. The van der Waals surface area contributed by atoms with Gasteiger partial charge in [0.2, 0.25) is 0 Å². The topological polar surface area (TPSA) is 77.2 Å². The Balaban J connectivity index is 2.35. The van der Waals surface area contributed by atoms with Crippen LogP contribution in [0.1, 0.15) is 62.7 Å². The van der Waals surface area contributed by atoms with Gasteiger partial charge >= 0.3 is 5.97 Å². The third-order valence-corrected chi connectivity index (χ3v) is 3.83. The van der Waals surface area contributed by atoms with Crippen molar-refractivity contribution < 1.29 is 9.53 Å². The second-order valence-corrected chi connectivity index (χ2v) is 5.46. The summed E-state index contributed by atoms with van der Waals surface area (Å²) in [6.45, 7) is 5.16. The number of nitrogen functional groups attached to an aromatic ring is 1. The maximum atomic E-state index is 11.8. The summed E-state index contributed by atoms with van der Waals surface area (Å²) in [5.41, 5.74) is 6.09. The van der Waals surface area contributed by atoms with Gasteiger partial charge in [0.1, 0.15) is 10.6 Å². The number of hydrogen-bond donors (Lipinski definition) is 2. The van der Waals surface area contributed by atoms with Crippen molar-refractivity contribution in [2.24, 2.45) is 0 Å². The van der Waals surface area contributed by atoms with Crippen molar-refractivity contribution in [3.05, 3.63) is 5.56 Å². The van der Waals surface area contributed by atoms with Gasteiger partial charge in [-0.15, -0.1) is 0 Å². The lowest BCUT2D eigenvalue weighted by Crippen LogP contribution is -2.10. The Morgan fingerprint density at radius 2 is 1.95 bits per heavy atom. The van der Waals surface area contributed by atoms with E-state index in [9.17, 15) is 4.79 Å². The van der Waals surface area contributed by atoms with Crippen LogP contribution in [0.25, 0.3) is 0 Å². The fourth-order valence-corrected chi connectivity index (χ4v) is 2.66. The lowest BCUT2D eigenvalue weighted by atomic mass is 10.1. The van der Waals surface area contributed by atoms with Gasteiger partial charge in [0.05, 0.1) is 6.61 Å². The highest BCUT2D eigenvalue weighted by atomic mass is 32.1. The van der Waals surface area contributed by atoms with Crippen molar-refractivity contribution in [1.82, 2.24) is 4.37 Å². The van der Waals surface area contributed by atoms with Crippen molar-refractivity contribution in [2.75, 3.05) is 24.2 Å². The van der Waals surface area contributed by atoms with Crippen LogP contribution in [0.2, 0.25) is 0 Å². The summed E-state index contributed by atoms with van der Waals surface area (Å²) in [6, 6.07) is 0. The lowest BCUT2D eigenvalue weighted by molar-refractivity contribution is 0.0529. The zero-order valence-corrected chi connectivity index (χ0v) is 13.2. The normalized spacial score (nSPS) is 10.5. The van der Waals surface area contributed by atoms with Gasteiger partial charge in [0.25, 0.3) is 0 Å². The Bertz CT molecular complexity index is 407. The molecule has 1 aromatic rings. The van der Waals surface area contributed by atoms with Crippen LogP contribution >= 0.6 is 11.5 Å². The first-order valence-corrected chi connectivity index (χ1v) is 8.14. The smallest absolute Gasteiger partial charge is 0.344 e. The molecule has 0 aromatic carbocycles. The summed E-state index contributed by atoms with van der Waals surface area (Å²) in [5, 5.41) is 3.96. The fourth-order valence-electron chi connectivity index (χ4n) is 1.93. The van der Waals surface area contributed by atoms with Crippen LogP contribution in [-0.2, 0) is 4.74 Å². The van der Waals surface area contributed by atoms with E-state index in [1.54, 1.807) is 6.92 Å². The van der Waals surface area contributed by atoms with Gasteiger partial charge in [0, 0.05) is 6.54 Å². The predicted molar refractivity (Wildman–Crippen MR) is 84.3 cm³/mol. The average molecular weight is 299 g/mol. The summed E-state index contributed by atoms with van der Waals surface area (Å²) in [4.78, 5) is 11.8. The highest BCUT2D eigenvalue weighted by molar-refractivity contribution is 7.11. The molecule has 1 heterocycles. The molecule has 0 atom stereocenters. The molecule has 6 heteroatoms. The van der Waals surface area contributed by atoms with Crippen molar-refractivity contribution in [2.45, 2.75) is 52.4 Å². The summed E-state index contributed by atoms with van der Waals surface area (Å²) < 4.78 is 9.00. The molecule has 0 bridgehead atoms. The quantitative estimate of drug-likeness (QED) is 0.509. The van der Waals surface area contributed by atoms with E-state index in [-0.39, 0.29) is 5.82 Å². The minimum atomic E-state index is -0.399. The van der Waals surface area contributed by atoms with E-state index in [0.717, 1.165) is 18.0 Å². The maximum absolute atomic E-state index is 11.8. The number of unbranched alkanes of at least 4 members (excludes halogenated alkanes) is 5. The molecule has 0 aliphatic carbocycles. The second-order valence-electron chi connectivity index (χ2n) is 4.69. The molecule has 0 unspecified atom stereocenters. The van der Waals surface area contributed by atoms with Crippen molar-refractivity contribution in [3.63, 3.8) is 0 Å². The summed E-state index contributed by atoms with van der Waals surface area (Å²) in [6.07, 6.45) is 7.44. The Morgan fingerprint density at radius 1 is 1.25 bits per heavy atom. The molecule has 0 amide bonds. The van der Waals surface area contributed by atoms with Gasteiger partial charge in [0.15, 0.2) is 5.82 Å². The Morgan fingerprint density at radius 3 is 2.65 bits per heavy atom. The molecule has 0 aliphatic rings. The van der Waals surface area contributed by atoms with Crippen molar-refractivity contribution in [3.8, 4) is 0 Å². The van der Waals surface area contributed by atoms with Gasteiger partial charge in [-0.1, -0.05) is 39.0 Å². The second kappa shape index (κ2) is 9.58. The third kappa shape index (κ3) is 5.36. The predicted octanol–water partition coefficient (Wildman–Crippen LogP) is 3.67. The van der Waals surface area contributed by atoms with E-state index in [0.29, 0.717) is 12.2 Å². The number of carbonyl (C=O) groups is 1. The van der Waals surface area contributed by atoms with Crippen LogP contribution in [0.15, 0.2) is 0 Å². The number of aromatic nitrogens is 1. The zero-order valence-electron chi connectivity index (χ0n) is 12.4. The number of hydrogen-bond acceptors (Lipinski definition) is 6. The van der Waals surface area contributed by atoms with Crippen LogP contribution in [-0.4, -0.2) is 23.5 Å². The minimum absolute atomic E-state index is 0.249. The largest absolute Gasteiger partial charge is 0.462 e. The molecule has 0 saturated carbocycles. The van der Waals surface area contributed by atoms with Gasteiger partial charge in [-0.05, 0) is 24.9 Å². The first kappa shape index (κ1) is 16.8. The summed E-state index contributed by atoms with van der Waals surface area (Å²) >= 11 is 1.22. The summed E-state index contributed by atoms with van der Waals surface area (Å²) in [7, 11) is 0. The monoisotopic (exact) mass is 299 g/mol. The Hall–Kier alpha value is -1.30. The SMILES string of the molecule is CCCCCCCCNc1snc(N)c1C(=O)OCC. The molecule has 1 aromatic heterocycles. The van der Waals surface area contributed by atoms with E-state index in [1.807, 2.05) is 0 Å². The maximum Gasteiger partial charge on any atom is 0.344 e. The number of nitrogens with two attached hydrogens (primary N) is 1. The van der Waals surface area contributed by atoms with E-state index >= 15 is 0 Å². The highest BCUT2D eigenvalue weighted by Gasteiger charge is 2.19. The van der Waals surface area contributed by atoms with Crippen LogP contribution < -0.4 is 11.1 Å². The van der Waals surface area contributed by atoms with Gasteiger partial charge < -0.3 is 15.8 Å². The standard InChI is InChI=1S/C14H25N3O2S/c1-3-5-6-7-8-9-10-16-13-11(12(15)17-20-13)14(18)19-4-2/h16H,3-10H2,1-2H3,(H2,15,17). The molecule has 0 fully saturated rings. The van der Waals surface area contributed by atoms with E-state index in [2.05, 4.69) is 16.6 Å². The molecule has 0 spiro atoms. The molecule has 20 heavy (non-hydrogen) atoms. The number of carbonyl (C=O) groups excluding carboxylic acids is 1. The number of nitrogens with zero attached hydrogens (tertiary/aromatic N) is 1. The van der Waals surface area contributed by atoms with Gasteiger partial charge in [-0.3, -0.25) is 0 Å². The molecular formula is C14H25N3O2S. The summed E-state index contributed by atoms with van der Waals surface area (Å²) in [5.74, 6) is -0.150. The first-order chi connectivity index (χ1) is 9.70. The molecule has 0 radical (unpaired) electrons. The van der Waals surface area contributed by atoms with Gasteiger partial charge in [-0.25, -0.2) is 4.79 Å². The van der Waals surface area contributed by atoms with Crippen LogP contribution in [0.4, 0.5) is 10.8 Å². The molecular weight excluding hydrogens is 274 g/mol. The molecule has 114 valence electrons. The molecule has 3 N–H and O–H groups in total. The third-order valence-electron chi connectivity index (χ3n) is 3.01. The minimum Gasteiger partial charge on any atom is -0.462 e.